The van der Waals surface area contributed by atoms with E-state index < -0.39 is 11.9 Å². The molecule has 0 saturated carbocycles. The molecule has 0 amide bonds. The summed E-state index contributed by atoms with van der Waals surface area (Å²) in [6.45, 7) is 0.737. The molecule has 12 heavy (non-hydrogen) atoms. The van der Waals surface area contributed by atoms with Gasteiger partial charge in [0.15, 0.2) is 0 Å². The number of carbonyl (C=O) groups excluding carboxylic acids is 1. The van der Waals surface area contributed by atoms with Gasteiger partial charge in [-0.05, 0) is 13.0 Å². The van der Waals surface area contributed by atoms with Gasteiger partial charge in [-0.25, -0.2) is 0 Å². The number of hydrogen-bond acceptors (Lipinski definition) is 4. The van der Waals surface area contributed by atoms with Crippen molar-refractivity contribution in [3.8, 4) is 0 Å². The number of nitrogens with two attached hydrogens (primary N) is 1. The largest absolute Gasteiger partial charge is 0.481 e. The minimum absolute atomic E-state index is 0.0695. The molecule has 5 heteroatoms. The zero-order chi connectivity index (χ0) is 9.40. The van der Waals surface area contributed by atoms with Gasteiger partial charge >= 0.3 is 11.9 Å². The summed E-state index contributed by atoms with van der Waals surface area (Å²) in [6, 6.07) is 0. The van der Waals surface area contributed by atoms with E-state index in [1.807, 2.05) is 0 Å². The molecule has 0 aromatic rings. The van der Waals surface area contributed by atoms with Gasteiger partial charge in [-0.15, -0.1) is 0 Å². The van der Waals surface area contributed by atoms with Crippen LogP contribution in [0.2, 0.25) is 0 Å². The Bertz CT molecular complexity index is 157. The number of carboxylic acid groups (broad SMARTS) is 1. The van der Waals surface area contributed by atoms with Crippen molar-refractivity contribution in [2.75, 3.05) is 13.2 Å². The van der Waals surface area contributed by atoms with Crippen LogP contribution in [0.15, 0.2) is 0 Å². The monoisotopic (exact) mass is 175 g/mol. The molecule has 0 radical (unpaired) electrons. The first-order valence-electron chi connectivity index (χ1n) is 3.74. The lowest BCUT2D eigenvalue weighted by atomic mass is 10.3. The highest BCUT2D eigenvalue weighted by Crippen LogP contribution is 1.93. The fourth-order valence-corrected chi connectivity index (χ4v) is 0.551. The molecule has 70 valence electrons. The fraction of sp³-hybridized carbons (Fsp3) is 0.714. The normalized spacial score (nSPS) is 9.42. The molecule has 0 fully saturated rings. The van der Waals surface area contributed by atoms with Gasteiger partial charge in [0.25, 0.3) is 0 Å². The Balaban J connectivity index is 3.28. The van der Waals surface area contributed by atoms with Gasteiger partial charge in [0.05, 0.1) is 19.4 Å². The smallest absolute Gasteiger partial charge is 0.306 e. The molecule has 5 nitrogen and oxygen atoms in total. The summed E-state index contributed by atoms with van der Waals surface area (Å²) < 4.78 is 4.65. The quantitative estimate of drug-likeness (QED) is 0.429. The molecule has 3 N–H and O–H groups in total. The van der Waals surface area contributed by atoms with Crippen LogP contribution in [0.3, 0.4) is 0 Å². The lowest BCUT2D eigenvalue weighted by Crippen LogP contribution is -2.11. The molecule has 0 saturated heterocycles. The van der Waals surface area contributed by atoms with Gasteiger partial charge < -0.3 is 15.6 Å². The highest BCUT2D eigenvalue weighted by molar-refractivity contribution is 5.76. The molecule has 0 aromatic heterocycles. The van der Waals surface area contributed by atoms with Crippen LogP contribution in [0.4, 0.5) is 0 Å². The summed E-state index contributed by atoms with van der Waals surface area (Å²) in [5.41, 5.74) is 5.15. The molecular formula is C7H13NO4. The summed E-state index contributed by atoms with van der Waals surface area (Å²) in [5, 5.41) is 8.21. The molecule has 0 aliphatic rings. The second-order valence-electron chi connectivity index (χ2n) is 2.26. The predicted octanol–water partition coefficient (Wildman–Crippen LogP) is -0.257. The maximum atomic E-state index is 10.7. The van der Waals surface area contributed by atoms with E-state index in [1.165, 1.54) is 0 Å². The van der Waals surface area contributed by atoms with E-state index in [2.05, 4.69) is 4.74 Å². The van der Waals surface area contributed by atoms with E-state index in [1.54, 1.807) is 0 Å². The number of carboxylic acids is 1. The third-order valence-electron chi connectivity index (χ3n) is 1.15. The zero-order valence-corrected chi connectivity index (χ0v) is 6.78. The Morgan fingerprint density at radius 1 is 1.33 bits per heavy atom. The van der Waals surface area contributed by atoms with E-state index in [0.717, 1.165) is 0 Å². The van der Waals surface area contributed by atoms with Crippen LogP contribution in [0.1, 0.15) is 19.3 Å². The lowest BCUT2D eigenvalue weighted by molar-refractivity contribution is -0.147. The maximum absolute atomic E-state index is 10.7. The molecule has 0 spiro atoms. The average molecular weight is 175 g/mol. The molecule has 0 atom stereocenters. The maximum Gasteiger partial charge on any atom is 0.306 e. The van der Waals surface area contributed by atoms with Crippen LogP contribution in [0.5, 0.6) is 0 Å². The Kier molecular flexibility index (Phi) is 6.00. The predicted molar refractivity (Wildman–Crippen MR) is 41.5 cm³/mol. The van der Waals surface area contributed by atoms with Gasteiger partial charge in [-0.1, -0.05) is 0 Å². The standard InChI is InChI=1S/C7H13NO4/c8-4-1-5-12-7(11)3-2-6(9)10/h1-5,8H2,(H,9,10). The van der Waals surface area contributed by atoms with Crippen molar-refractivity contribution in [3.63, 3.8) is 0 Å². The SMILES string of the molecule is NCCCOC(=O)CCC(=O)O. The summed E-state index contributed by atoms with van der Waals surface area (Å²) >= 11 is 0. The van der Waals surface area contributed by atoms with Crippen molar-refractivity contribution in [1.82, 2.24) is 0 Å². The number of ether oxygens (including phenoxy) is 1. The van der Waals surface area contributed by atoms with Crippen LogP contribution in [-0.4, -0.2) is 30.2 Å². The molecule has 0 unspecified atom stereocenters. The van der Waals surface area contributed by atoms with Crippen molar-refractivity contribution in [2.24, 2.45) is 5.73 Å². The molecule has 0 aliphatic heterocycles. The van der Waals surface area contributed by atoms with Crippen molar-refractivity contribution in [1.29, 1.82) is 0 Å². The second kappa shape index (κ2) is 6.60. The van der Waals surface area contributed by atoms with Gasteiger partial charge in [0.1, 0.15) is 0 Å². The number of esters is 1. The number of rotatable bonds is 6. The van der Waals surface area contributed by atoms with Crippen molar-refractivity contribution >= 4 is 11.9 Å². The third kappa shape index (κ3) is 7.01. The van der Waals surface area contributed by atoms with E-state index in [9.17, 15) is 9.59 Å². The number of aliphatic carboxylic acids is 1. The van der Waals surface area contributed by atoms with E-state index >= 15 is 0 Å². The molecule has 0 aliphatic carbocycles. The summed E-state index contributed by atoms with van der Waals surface area (Å²) in [6.07, 6.45) is 0.361. The zero-order valence-electron chi connectivity index (χ0n) is 6.78. The first kappa shape index (κ1) is 10.9. The van der Waals surface area contributed by atoms with E-state index in [0.29, 0.717) is 13.0 Å². The topological polar surface area (TPSA) is 89.6 Å². The van der Waals surface area contributed by atoms with Gasteiger partial charge in [-0.3, -0.25) is 9.59 Å². The summed E-state index contributed by atoms with van der Waals surface area (Å²) in [7, 11) is 0. The summed E-state index contributed by atoms with van der Waals surface area (Å²) in [5.74, 6) is -1.48. The van der Waals surface area contributed by atoms with Crippen molar-refractivity contribution < 1.29 is 19.4 Å². The molecular weight excluding hydrogens is 162 g/mol. The molecule has 0 rings (SSSR count). The minimum Gasteiger partial charge on any atom is -0.481 e. The first-order chi connectivity index (χ1) is 5.66. The van der Waals surface area contributed by atoms with Crippen LogP contribution < -0.4 is 5.73 Å². The van der Waals surface area contributed by atoms with Gasteiger partial charge in [-0.2, -0.15) is 0 Å². The molecule has 0 bridgehead atoms. The van der Waals surface area contributed by atoms with E-state index in [-0.39, 0.29) is 19.4 Å². The molecule has 0 aromatic carbocycles. The Hall–Kier alpha value is -1.10. The lowest BCUT2D eigenvalue weighted by Gasteiger charge is -2.01. The van der Waals surface area contributed by atoms with Crippen LogP contribution in [-0.2, 0) is 14.3 Å². The average Bonchev–Trinajstić information content (AvgIpc) is 2.01. The van der Waals surface area contributed by atoms with Gasteiger partial charge in [0.2, 0.25) is 0 Å². The van der Waals surface area contributed by atoms with Crippen molar-refractivity contribution in [3.05, 3.63) is 0 Å². The van der Waals surface area contributed by atoms with Crippen LogP contribution in [0.25, 0.3) is 0 Å². The van der Waals surface area contributed by atoms with Crippen LogP contribution >= 0.6 is 0 Å². The molecule has 0 heterocycles. The highest BCUT2D eigenvalue weighted by atomic mass is 16.5. The highest BCUT2D eigenvalue weighted by Gasteiger charge is 2.05. The Labute approximate surface area is 70.5 Å². The summed E-state index contributed by atoms with van der Waals surface area (Å²) in [4.78, 5) is 20.7. The fourth-order valence-electron chi connectivity index (χ4n) is 0.551. The van der Waals surface area contributed by atoms with Crippen LogP contribution in [0, 0.1) is 0 Å². The minimum atomic E-state index is -0.995. The second-order valence-corrected chi connectivity index (χ2v) is 2.26. The van der Waals surface area contributed by atoms with Gasteiger partial charge in [0, 0.05) is 0 Å². The first-order valence-corrected chi connectivity index (χ1v) is 3.74. The number of carbonyl (C=O) groups is 2. The van der Waals surface area contributed by atoms with E-state index in [4.69, 9.17) is 10.8 Å². The van der Waals surface area contributed by atoms with Crippen molar-refractivity contribution in [2.45, 2.75) is 19.3 Å². The Morgan fingerprint density at radius 3 is 2.50 bits per heavy atom. The third-order valence-corrected chi connectivity index (χ3v) is 1.15. The Morgan fingerprint density at radius 2 is 2.00 bits per heavy atom. The number of hydrogen-bond donors (Lipinski definition) is 2.